The van der Waals surface area contributed by atoms with Crippen LogP contribution in [0.3, 0.4) is 0 Å². The van der Waals surface area contributed by atoms with Crippen molar-refractivity contribution in [1.29, 1.82) is 0 Å². The molecular formula is C32H28N2O2SSe. The number of hydrogen-bond donors (Lipinski definition) is 0. The third-order valence-electron chi connectivity index (χ3n) is 6.26. The topological polar surface area (TPSA) is 49.7 Å². The molecule has 0 amide bonds. The third kappa shape index (κ3) is 6.05. The zero-order valence-electron chi connectivity index (χ0n) is 21.0. The summed E-state index contributed by atoms with van der Waals surface area (Å²) < 4.78 is 30.9. The summed E-state index contributed by atoms with van der Waals surface area (Å²) in [5.41, 5.74) is 2.76. The molecule has 190 valence electrons. The van der Waals surface area contributed by atoms with Crippen LogP contribution in [0.5, 0.6) is 0 Å². The minimum atomic E-state index is -3.95. The van der Waals surface area contributed by atoms with Gasteiger partial charge in [-0.2, -0.15) is 0 Å². The molecule has 0 aliphatic rings. The Balaban J connectivity index is 1.63. The Morgan fingerprint density at radius 1 is 0.763 bits per heavy atom. The molecule has 0 bridgehead atoms. The molecular weight excluding hydrogens is 555 g/mol. The molecule has 4 nitrogen and oxygen atoms in total. The number of fused-ring (bicyclic) bond motifs is 1. The molecule has 1 atom stereocenters. The van der Waals surface area contributed by atoms with E-state index in [0.717, 1.165) is 27.5 Å². The average molecular weight is 584 g/mol. The number of sulfonamides is 1. The summed E-state index contributed by atoms with van der Waals surface area (Å²) in [5.74, 6) is 0. The molecule has 6 heteroatoms. The van der Waals surface area contributed by atoms with E-state index in [1.807, 2.05) is 85.8 Å². The number of hydrogen-bond acceptors (Lipinski definition) is 3. The van der Waals surface area contributed by atoms with E-state index in [1.54, 1.807) is 18.3 Å². The molecule has 0 heterocycles. The molecule has 0 aromatic heterocycles. The molecule has 38 heavy (non-hydrogen) atoms. The van der Waals surface area contributed by atoms with Gasteiger partial charge in [0.1, 0.15) is 0 Å². The summed E-state index contributed by atoms with van der Waals surface area (Å²) in [7, 11) is -3.95. The number of rotatable bonds is 9. The van der Waals surface area contributed by atoms with Crippen molar-refractivity contribution in [3.63, 3.8) is 0 Å². The number of aryl methyl sites for hydroxylation is 1. The molecule has 0 aliphatic heterocycles. The maximum absolute atomic E-state index is 14.2. The SMILES string of the molecule is Cc1ccc(S(=O)(=O)N(N=Cc2ccccc2)C(C[Se]c2ccccc2)c2ccc3ccccc3c2)cc1. The molecule has 0 saturated heterocycles. The summed E-state index contributed by atoms with van der Waals surface area (Å²) in [4.78, 5) is 0.228. The van der Waals surface area contributed by atoms with Crippen LogP contribution >= 0.6 is 0 Å². The number of benzene rings is 5. The van der Waals surface area contributed by atoms with Gasteiger partial charge in [0.15, 0.2) is 0 Å². The van der Waals surface area contributed by atoms with Crippen molar-refractivity contribution in [2.75, 3.05) is 0 Å². The monoisotopic (exact) mass is 584 g/mol. The molecule has 0 fully saturated rings. The van der Waals surface area contributed by atoms with Crippen molar-refractivity contribution in [2.45, 2.75) is 23.2 Å². The summed E-state index contributed by atoms with van der Waals surface area (Å²) in [6.07, 6.45) is 1.63. The first-order valence-electron chi connectivity index (χ1n) is 12.4. The summed E-state index contributed by atoms with van der Waals surface area (Å²) in [5, 5.41) is 7.48. The predicted molar refractivity (Wildman–Crippen MR) is 158 cm³/mol. The van der Waals surface area contributed by atoms with Crippen molar-refractivity contribution < 1.29 is 8.42 Å². The van der Waals surface area contributed by atoms with E-state index >= 15 is 0 Å². The van der Waals surface area contributed by atoms with Gasteiger partial charge < -0.3 is 0 Å². The average Bonchev–Trinajstić information content (AvgIpc) is 2.95. The van der Waals surface area contributed by atoms with E-state index < -0.39 is 16.1 Å². The Morgan fingerprint density at radius 2 is 1.39 bits per heavy atom. The Hall–Kier alpha value is -3.70. The van der Waals surface area contributed by atoms with Crippen molar-refractivity contribution >= 4 is 46.4 Å². The Labute approximate surface area is 230 Å². The van der Waals surface area contributed by atoms with Gasteiger partial charge in [-0.15, -0.1) is 0 Å². The summed E-state index contributed by atoms with van der Waals surface area (Å²) >= 11 is 0.0287. The quantitative estimate of drug-likeness (QED) is 0.115. The van der Waals surface area contributed by atoms with Crippen LogP contribution < -0.4 is 4.46 Å². The molecule has 5 aromatic rings. The second-order valence-corrected chi connectivity index (χ2v) is 13.1. The van der Waals surface area contributed by atoms with Crippen molar-refractivity contribution in [2.24, 2.45) is 5.10 Å². The van der Waals surface area contributed by atoms with Crippen LogP contribution in [0.25, 0.3) is 10.8 Å². The van der Waals surface area contributed by atoms with Gasteiger partial charge in [0.2, 0.25) is 0 Å². The Bertz CT molecular complexity index is 1640. The molecule has 5 aromatic carbocycles. The summed E-state index contributed by atoms with van der Waals surface area (Å²) in [6, 6.07) is 40.7. The van der Waals surface area contributed by atoms with Crippen LogP contribution in [-0.4, -0.2) is 34.0 Å². The zero-order valence-corrected chi connectivity index (χ0v) is 23.5. The zero-order chi connectivity index (χ0) is 26.4. The molecule has 1 unspecified atom stereocenters. The molecule has 0 saturated carbocycles. The second kappa shape index (κ2) is 11.8. The van der Waals surface area contributed by atoms with Gasteiger partial charge in [0, 0.05) is 0 Å². The molecule has 0 aliphatic carbocycles. The van der Waals surface area contributed by atoms with E-state index in [4.69, 9.17) is 0 Å². The van der Waals surface area contributed by atoms with Gasteiger partial charge in [-0.1, -0.05) is 0 Å². The van der Waals surface area contributed by atoms with Gasteiger partial charge in [-0.25, -0.2) is 0 Å². The van der Waals surface area contributed by atoms with Crippen LogP contribution in [0.15, 0.2) is 137 Å². The van der Waals surface area contributed by atoms with E-state index in [9.17, 15) is 8.42 Å². The molecule has 0 radical (unpaired) electrons. The van der Waals surface area contributed by atoms with Crippen LogP contribution in [0.4, 0.5) is 0 Å². The molecule has 5 rings (SSSR count). The van der Waals surface area contributed by atoms with Gasteiger partial charge in [-0.3, -0.25) is 0 Å². The fourth-order valence-electron chi connectivity index (χ4n) is 4.19. The number of hydrazone groups is 1. The fourth-order valence-corrected chi connectivity index (χ4v) is 7.97. The van der Waals surface area contributed by atoms with Gasteiger partial charge >= 0.3 is 232 Å². The van der Waals surface area contributed by atoms with Gasteiger partial charge in [0.05, 0.1) is 0 Å². The maximum atomic E-state index is 14.2. The van der Waals surface area contributed by atoms with Crippen molar-refractivity contribution in [1.82, 2.24) is 4.41 Å². The van der Waals surface area contributed by atoms with E-state index in [1.165, 1.54) is 8.88 Å². The molecule has 0 spiro atoms. The van der Waals surface area contributed by atoms with Crippen LogP contribution in [0, 0.1) is 6.92 Å². The summed E-state index contributed by atoms with van der Waals surface area (Å²) in [6.45, 7) is 1.95. The predicted octanol–water partition coefficient (Wildman–Crippen LogP) is 6.36. The second-order valence-electron chi connectivity index (χ2n) is 8.99. The fraction of sp³-hybridized carbons (Fsp3) is 0.0938. The van der Waals surface area contributed by atoms with Crippen molar-refractivity contribution in [3.8, 4) is 0 Å². The first kappa shape index (κ1) is 25.9. The first-order valence-corrected chi connectivity index (χ1v) is 15.9. The first-order chi connectivity index (χ1) is 18.5. The van der Waals surface area contributed by atoms with E-state index in [0.29, 0.717) is 5.32 Å². The van der Waals surface area contributed by atoms with E-state index in [2.05, 4.69) is 41.5 Å². The minimum absolute atomic E-state index is 0.0287. The third-order valence-corrected chi connectivity index (χ3v) is 10.3. The van der Waals surface area contributed by atoms with Crippen LogP contribution in [-0.2, 0) is 10.0 Å². The normalized spacial score (nSPS) is 12.6. The number of nitrogens with zero attached hydrogens (tertiary/aromatic N) is 2. The molecule has 0 N–H and O–H groups in total. The Kier molecular flexibility index (Phi) is 8.04. The van der Waals surface area contributed by atoms with Crippen molar-refractivity contribution in [3.05, 3.63) is 144 Å². The van der Waals surface area contributed by atoms with Crippen LogP contribution in [0.1, 0.15) is 22.7 Å². The van der Waals surface area contributed by atoms with Gasteiger partial charge in [-0.05, 0) is 0 Å². The van der Waals surface area contributed by atoms with Crippen LogP contribution in [0.2, 0.25) is 5.32 Å². The van der Waals surface area contributed by atoms with Gasteiger partial charge in [0.25, 0.3) is 0 Å². The van der Waals surface area contributed by atoms with E-state index in [-0.39, 0.29) is 19.9 Å². The standard InChI is InChI=1S/C32H28N2O2SSe/c1-25-16-20-30(21-17-25)37(35,36)34(33-23-26-10-4-2-5-11-26)32(24-38-31-14-6-3-7-15-31)29-19-18-27-12-8-9-13-28(27)22-29/h2-23,32H,24H2,1H3. The Morgan fingerprint density at radius 3 is 2.11 bits per heavy atom.